The van der Waals surface area contributed by atoms with Crippen molar-refractivity contribution in [2.75, 3.05) is 26.4 Å². The van der Waals surface area contributed by atoms with Crippen LogP contribution in [0, 0.1) is 11.8 Å². The first-order chi connectivity index (χ1) is 10.7. The Labute approximate surface area is 139 Å². The Morgan fingerprint density at radius 1 is 0.818 bits per heavy atom. The van der Waals surface area contributed by atoms with Crippen LogP contribution >= 0.6 is 0 Å². The Morgan fingerprint density at radius 3 is 1.91 bits per heavy atom. The highest BCUT2D eigenvalue weighted by Gasteiger charge is 2.30. The normalized spacial score (nSPS) is 11.5. The fraction of sp³-hybridized carbons (Fsp3) is 0.750. The van der Waals surface area contributed by atoms with Crippen LogP contribution in [0.4, 0.5) is 0 Å². The van der Waals surface area contributed by atoms with E-state index >= 15 is 0 Å². The summed E-state index contributed by atoms with van der Waals surface area (Å²) in [6, 6.07) is 0. The minimum Gasteiger partial charge on any atom is -0.377 e. The summed E-state index contributed by atoms with van der Waals surface area (Å²) in [5.41, 5.74) is 0.0366. The first-order valence-corrected chi connectivity index (χ1v) is 8.96. The second-order valence-corrected chi connectivity index (χ2v) is 6.13. The van der Waals surface area contributed by atoms with Gasteiger partial charge in [0.05, 0.1) is 26.4 Å². The Balaban J connectivity index is 4.60. The first kappa shape index (κ1) is 21.4. The molecule has 2 heteroatoms. The number of hydrogen-bond acceptors (Lipinski definition) is 2. The summed E-state index contributed by atoms with van der Waals surface area (Å²) >= 11 is 0. The molecule has 0 spiro atoms. The monoisotopic (exact) mass is 309 g/mol. The molecule has 22 heavy (non-hydrogen) atoms. The summed E-state index contributed by atoms with van der Waals surface area (Å²) in [4.78, 5) is 0. The van der Waals surface area contributed by atoms with Crippen molar-refractivity contribution < 1.29 is 9.47 Å². The largest absolute Gasteiger partial charge is 0.377 e. The van der Waals surface area contributed by atoms with Gasteiger partial charge in [0.25, 0.3) is 0 Å². The van der Waals surface area contributed by atoms with Gasteiger partial charge in [-0.05, 0) is 19.3 Å². The SMILES string of the molecule is C=CCOCC([CH]CCCC)(CCCCCC)COCC=C. The van der Waals surface area contributed by atoms with E-state index < -0.39 is 0 Å². The Morgan fingerprint density at radius 2 is 1.41 bits per heavy atom. The van der Waals surface area contributed by atoms with E-state index in [0.29, 0.717) is 13.2 Å². The highest BCUT2D eigenvalue weighted by molar-refractivity contribution is 4.93. The number of unbranched alkanes of at least 4 members (excludes halogenated alkanes) is 5. The van der Waals surface area contributed by atoms with E-state index in [1.54, 1.807) is 0 Å². The molecule has 1 radical (unpaired) electrons. The van der Waals surface area contributed by atoms with Gasteiger partial charge in [-0.15, -0.1) is 13.2 Å². The van der Waals surface area contributed by atoms with E-state index in [2.05, 4.69) is 33.4 Å². The zero-order chi connectivity index (χ0) is 16.5. The molecule has 0 saturated heterocycles. The second kappa shape index (κ2) is 15.3. The molecule has 0 unspecified atom stereocenters. The van der Waals surface area contributed by atoms with Crippen LogP contribution in [0.1, 0.15) is 65.2 Å². The average molecular weight is 310 g/mol. The minimum atomic E-state index is 0.0366. The van der Waals surface area contributed by atoms with E-state index in [0.717, 1.165) is 26.1 Å². The van der Waals surface area contributed by atoms with Crippen LogP contribution < -0.4 is 0 Å². The third kappa shape index (κ3) is 11.0. The van der Waals surface area contributed by atoms with Crippen molar-refractivity contribution in [2.45, 2.75) is 65.2 Å². The van der Waals surface area contributed by atoms with Gasteiger partial charge in [-0.3, -0.25) is 0 Å². The molecule has 0 bridgehead atoms. The third-order valence-corrected chi connectivity index (χ3v) is 3.91. The fourth-order valence-electron chi connectivity index (χ4n) is 2.61. The first-order valence-electron chi connectivity index (χ1n) is 8.96. The lowest BCUT2D eigenvalue weighted by molar-refractivity contribution is 0.00177. The molecular weight excluding hydrogens is 272 g/mol. The van der Waals surface area contributed by atoms with Gasteiger partial charge >= 0.3 is 0 Å². The van der Waals surface area contributed by atoms with Gasteiger partial charge in [-0.25, -0.2) is 0 Å². The molecule has 0 aromatic carbocycles. The maximum atomic E-state index is 5.81. The molecule has 0 heterocycles. The maximum absolute atomic E-state index is 5.81. The fourth-order valence-corrected chi connectivity index (χ4v) is 2.61. The molecule has 0 aliphatic rings. The zero-order valence-corrected chi connectivity index (χ0v) is 14.9. The number of ether oxygens (including phenoxy) is 2. The maximum Gasteiger partial charge on any atom is 0.0645 e. The molecule has 2 nitrogen and oxygen atoms in total. The van der Waals surface area contributed by atoms with E-state index in [9.17, 15) is 0 Å². The van der Waals surface area contributed by atoms with Gasteiger partial charge in [0.2, 0.25) is 0 Å². The lowest BCUT2D eigenvalue weighted by Crippen LogP contribution is -2.33. The lowest BCUT2D eigenvalue weighted by Gasteiger charge is -2.33. The van der Waals surface area contributed by atoms with Crippen molar-refractivity contribution in [3.8, 4) is 0 Å². The van der Waals surface area contributed by atoms with Crippen LogP contribution in [-0.4, -0.2) is 26.4 Å². The molecule has 0 atom stereocenters. The molecule has 0 aliphatic heterocycles. The van der Waals surface area contributed by atoms with E-state index in [1.165, 1.54) is 38.5 Å². The number of rotatable bonds is 17. The molecule has 0 aromatic rings. The quantitative estimate of drug-likeness (QED) is 0.252. The lowest BCUT2D eigenvalue weighted by atomic mass is 9.79. The predicted octanol–water partition coefficient (Wildman–Crippen LogP) is 5.74. The average Bonchev–Trinajstić information content (AvgIpc) is 2.52. The molecule has 0 aromatic heterocycles. The van der Waals surface area contributed by atoms with Gasteiger partial charge in [-0.1, -0.05) is 64.5 Å². The van der Waals surface area contributed by atoms with Crippen LogP contribution in [0.3, 0.4) is 0 Å². The van der Waals surface area contributed by atoms with Crippen LogP contribution in [-0.2, 0) is 9.47 Å². The summed E-state index contributed by atoms with van der Waals surface area (Å²) in [5.74, 6) is 0. The smallest absolute Gasteiger partial charge is 0.0645 e. The predicted molar refractivity (Wildman–Crippen MR) is 97.0 cm³/mol. The molecule has 0 aliphatic carbocycles. The van der Waals surface area contributed by atoms with Crippen molar-refractivity contribution in [3.63, 3.8) is 0 Å². The Bertz CT molecular complexity index is 246. The highest BCUT2D eigenvalue weighted by atomic mass is 16.5. The molecule has 129 valence electrons. The summed E-state index contributed by atoms with van der Waals surface area (Å²) in [7, 11) is 0. The summed E-state index contributed by atoms with van der Waals surface area (Å²) in [5, 5.41) is 0. The topological polar surface area (TPSA) is 18.5 Å². The van der Waals surface area contributed by atoms with Crippen LogP contribution in [0.25, 0.3) is 0 Å². The van der Waals surface area contributed by atoms with Crippen LogP contribution in [0.5, 0.6) is 0 Å². The Hall–Kier alpha value is -0.600. The van der Waals surface area contributed by atoms with Gasteiger partial charge in [0.1, 0.15) is 0 Å². The van der Waals surface area contributed by atoms with Gasteiger partial charge < -0.3 is 9.47 Å². The van der Waals surface area contributed by atoms with Crippen LogP contribution in [0.15, 0.2) is 25.3 Å². The van der Waals surface area contributed by atoms with Crippen molar-refractivity contribution in [1.82, 2.24) is 0 Å². The molecule has 0 saturated carbocycles. The van der Waals surface area contributed by atoms with Crippen molar-refractivity contribution in [3.05, 3.63) is 31.7 Å². The van der Waals surface area contributed by atoms with Crippen molar-refractivity contribution in [2.24, 2.45) is 5.41 Å². The molecular formula is C20H37O2. The summed E-state index contributed by atoms with van der Waals surface area (Å²) in [6.07, 6.45) is 15.9. The molecule has 0 rings (SSSR count). The molecule has 0 fully saturated rings. The minimum absolute atomic E-state index is 0.0366. The van der Waals surface area contributed by atoms with Gasteiger partial charge in [0, 0.05) is 5.41 Å². The highest BCUT2D eigenvalue weighted by Crippen LogP contribution is 2.32. The molecule has 0 N–H and O–H groups in total. The standard InChI is InChI=1S/C20H37O2/c1-5-9-11-13-15-20(14-12-10-6-2,18-21-16-7-3)19-22-17-8-4/h7-8,14H,3-6,9-13,15-19H2,1-2H3. The van der Waals surface area contributed by atoms with E-state index in [1.807, 2.05) is 12.2 Å². The van der Waals surface area contributed by atoms with E-state index in [-0.39, 0.29) is 5.41 Å². The van der Waals surface area contributed by atoms with Gasteiger partial charge in [-0.2, -0.15) is 0 Å². The Kier molecular flexibility index (Phi) is 14.9. The molecule has 0 amide bonds. The zero-order valence-electron chi connectivity index (χ0n) is 14.9. The van der Waals surface area contributed by atoms with Crippen molar-refractivity contribution >= 4 is 0 Å². The van der Waals surface area contributed by atoms with Crippen LogP contribution in [0.2, 0.25) is 0 Å². The number of hydrogen-bond donors (Lipinski definition) is 0. The third-order valence-electron chi connectivity index (χ3n) is 3.91. The van der Waals surface area contributed by atoms with Gasteiger partial charge in [0.15, 0.2) is 0 Å². The summed E-state index contributed by atoms with van der Waals surface area (Å²) < 4.78 is 11.6. The second-order valence-electron chi connectivity index (χ2n) is 6.13. The van der Waals surface area contributed by atoms with E-state index in [4.69, 9.17) is 9.47 Å². The van der Waals surface area contributed by atoms with Crippen molar-refractivity contribution in [1.29, 1.82) is 0 Å². The summed E-state index contributed by atoms with van der Waals surface area (Å²) in [6.45, 7) is 14.6.